The maximum atomic E-state index is 10.4. The van der Waals surface area contributed by atoms with Gasteiger partial charge in [0.2, 0.25) is 0 Å². The molecule has 0 amide bonds. The van der Waals surface area contributed by atoms with Crippen molar-refractivity contribution in [1.29, 1.82) is 0 Å². The van der Waals surface area contributed by atoms with Gasteiger partial charge in [0.1, 0.15) is 0 Å². The van der Waals surface area contributed by atoms with Crippen LogP contribution in [0.2, 0.25) is 0 Å². The predicted molar refractivity (Wildman–Crippen MR) is 43.0 cm³/mol. The van der Waals surface area contributed by atoms with Crippen molar-refractivity contribution in [2.24, 2.45) is 0 Å². The fourth-order valence-corrected chi connectivity index (χ4v) is 0.981. The number of aromatic carboxylic acids is 3. The zero-order valence-corrected chi connectivity index (χ0v) is 9.14. The molecule has 0 saturated heterocycles. The first-order valence-corrected chi connectivity index (χ1v) is 3.71. The summed E-state index contributed by atoms with van der Waals surface area (Å²) < 4.78 is 0. The topological polar surface area (TPSA) is 152 Å². The molecule has 0 fully saturated rings. The SMILES string of the molecule is O.O=C([O-])c1cc(C(=O)[O-])cc(C(=O)[O-])c1.[Fe+3]. The zero-order chi connectivity index (χ0) is 11.6. The summed E-state index contributed by atoms with van der Waals surface area (Å²) in [6, 6.07) is 2.24. The van der Waals surface area contributed by atoms with Crippen molar-refractivity contribution in [1.82, 2.24) is 0 Å². The van der Waals surface area contributed by atoms with Crippen LogP contribution in [0, 0.1) is 0 Å². The second-order valence-electron chi connectivity index (χ2n) is 2.66. The molecule has 0 bridgehead atoms. The summed E-state index contributed by atoms with van der Waals surface area (Å²) in [5.74, 6) is -5.04. The van der Waals surface area contributed by atoms with E-state index in [9.17, 15) is 29.7 Å². The van der Waals surface area contributed by atoms with E-state index in [1.165, 1.54) is 0 Å². The van der Waals surface area contributed by atoms with E-state index in [2.05, 4.69) is 0 Å². The standard InChI is InChI=1S/C9H6O6.Fe.H2O/c10-7(11)4-1-5(8(12)13)3-6(2-4)9(14)15;;/h1-3H,(H,10,11)(H,12,13)(H,14,15);;1H2/q;+3;/p-3. The van der Waals surface area contributed by atoms with Gasteiger partial charge in [0.05, 0.1) is 17.9 Å². The molecule has 1 aromatic carbocycles. The molecule has 0 aliphatic carbocycles. The molecule has 91 valence electrons. The molecule has 0 atom stereocenters. The Hall–Kier alpha value is -1.89. The van der Waals surface area contributed by atoms with Crippen LogP contribution in [0.1, 0.15) is 31.1 Å². The normalized spacial score (nSPS) is 8.47. The maximum Gasteiger partial charge on any atom is 3.00 e. The Labute approximate surface area is 105 Å². The molecule has 7 nitrogen and oxygen atoms in total. The largest absolute Gasteiger partial charge is 3.00 e. The molecule has 1 radical (unpaired) electrons. The average molecular weight is 281 g/mol. The van der Waals surface area contributed by atoms with Crippen LogP contribution in [0.25, 0.3) is 0 Å². The third-order valence-corrected chi connectivity index (χ3v) is 1.64. The van der Waals surface area contributed by atoms with Crippen LogP contribution in [0.3, 0.4) is 0 Å². The van der Waals surface area contributed by atoms with Crippen molar-refractivity contribution in [3.05, 3.63) is 34.9 Å². The van der Waals surface area contributed by atoms with E-state index >= 15 is 0 Å². The first-order valence-electron chi connectivity index (χ1n) is 3.71. The van der Waals surface area contributed by atoms with Gasteiger partial charge >= 0.3 is 17.1 Å². The van der Waals surface area contributed by atoms with Crippen molar-refractivity contribution in [2.75, 3.05) is 0 Å². The van der Waals surface area contributed by atoms with E-state index in [1.807, 2.05) is 0 Å². The fraction of sp³-hybridized carbons (Fsp3) is 0. The van der Waals surface area contributed by atoms with Gasteiger partial charge < -0.3 is 35.2 Å². The zero-order valence-electron chi connectivity index (χ0n) is 8.04. The first kappa shape index (κ1) is 17.5. The molecule has 8 heteroatoms. The van der Waals surface area contributed by atoms with E-state index in [0.29, 0.717) is 0 Å². The van der Waals surface area contributed by atoms with Crippen molar-refractivity contribution in [3.8, 4) is 0 Å². The van der Waals surface area contributed by atoms with Gasteiger partial charge in [-0.15, -0.1) is 0 Å². The molecule has 2 N–H and O–H groups in total. The summed E-state index contributed by atoms with van der Waals surface area (Å²) in [5.41, 5.74) is -1.68. The van der Waals surface area contributed by atoms with E-state index < -0.39 is 34.6 Å². The molecule has 0 aliphatic rings. The first-order chi connectivity index (χ1) is 6.91. The number of carbonyl (C=O) groups is 3. The molecule has 0 saturated carbocycles. The summed E-state index contributed by atoms with van der Waals surface area (Å²) in [5, 5.41) is 31.2. The minimum absolute atomic E-state index is 0. The van der Waals surface area contributed by atoms with Crippen molar-refractivity contribution < 1.29 is 52.2 Å². The third-order valence-electron chi connectivity index (χ3n) is 1.64. The van der Waals surface area contributed by atoms with Gasteiger partial charge in [0.15, 0.2) is 0 Å². The molecule has 0 heterocycles. The summed E-state index contributed by atoms with van der Waals surface area (Å²) in [7, 11) is 0. The van der Waals surface area contributed by atoms with Gasteiger partial charge in [0.25, 0.3) is 0 Å². The van der Waals surface area contributed by atoms with Crippen LogP contribution in [0.15, 0.2) is 18.2 Å². The molecule has 1 aromatic rings. The van der Waals surface area contributed by atoms with Gasteiger partial charge in [-0.05, 0) is 34.9 Å². The summed E-state index contributed by atoms with van der Waals surface area (Å²) in [6.45, 7) is 0. The van der Waals surface area contributed by atoms with E-state index in [0.717, 1.165) is 18.2 Å². The summed E-state index contributed by atoms with van der Waals surface area (Å²) >= 11 is 0. The number of benzene rings is 1. The van der Waals surface area contributed by atoms with Gasteiger partial charge in [0, 0.05) is 0 Å². The van der Waals surface area contributed by atoms with Gasteiger partial charge in [-0.1, -0.05) is 0 Å². The Kier molecular flexibility index (Phi) is 6.84. The predicted octanol–water partition coefficient (Wildman–Crippen LogP) is -4.05. The molecule has 1 rings (SSSR count). The molecule has 0 aliphatic heterocycles. The third kappa shape index (κ3) is 4.23. The molecule has 0 aromatic heterocycles. The van der Waals surface area contributed by atoms with E-state index in [4.69, 9.17) is 0 Å². The van der Waals surface area contributed by atoms with Gasteiger partial charge in [-0.2, -0.15) is 0 Å². The van der Waals surface area contributed by atoms with Crippen molar-refractivity contribution in [2.45, 2.75) is 0 Å². The maximum absolute atomic E-state index is 10.4. The molecule has 17 heavy (non-hydrogen) atoms. The second kappa shape index (κ2) is 6.64. The minimum Gasteiger partial charge on any atom is -0.545 e. The fourth-order valence-electron chi connectivity index (χ4n) is 0.981. The van der Waals surface area contributed by atoms with E-state index in [-0.39, 0.29) is 22.5 Å². The molecule has 0 unspecified atom stereocenters. The second-order valence-corrected chi connectivity index (χ2v) is 2.66. The number of hydrogen-bond donors (Lipinski definition) is 0. The molecule has 0 spiro atoms. The average Bonchev–Trinajstić information content (AvgIpc) is 2.16. The molecular formula is C9H5FeO7. The number of carbonyl (C=O) groups excluding carboxylic acids is 3. The Bertz CT molecular complexity index is 376. The van der Waals surface area contributed by atoms with Crippen LogP contribution < -0.4 is 15.3 Å². The smallest absolute Gasteiger partial charge is 0.545 e. The minimum atomic E-state index is -1.68. The molecular weight excluding hydrogens is 276 g/mol. The van der Waals surface area contributed by atoms with Crippen LogP contribution in [0.5, 0.6) is 0 Å². The number of carboxylic acids is 3. The summed E-state index contributed by atoms with van der Waals surface area (Å²) in [6.07, 6.45) is 0. The summed E-state index contributed by atoms with van der Waals surface area (Å²) in [4.78, 5) is 31.2. The van der Waals surface area contributed by atoms with E-state index in [1.54, 1.807) is 0 Å². The van der Waals surface area contributed by atoms with Crippen molar-refractivity contribution in [3.63, 3.8) is 0 Å². The number of hydrogen-bond acceptors (Lipinski definition) is 6. The number of carboxylic acid groups (broad SMARTS) is 3. The Balaban J connectivity index is 0. The van der Waals surface area contributed by atoms with Gasteiger partial charge in [-0.25, -0.2) is 0 Å². The number of rotatable bonds is 3. The van der Waals surface area contributed by atoms with Crippen molar-refractivity contribution >= 4 is 17.9 Å². The van der Waals surface area contributed by atoms with Crippen LogP contribution in [-0.4, -0.2) is 23.4 Å². The quantitative estimate of drug-likeness (QED) is 0.514. The Morgan fingerprint density at radius 2 is 0.882 bits per heavy atom. The Morgan fingerprint density at radius 3 is 1.00 bits per heavy atom. The van der Waals surface area contributed by atoms with Crippen LogP contribution in [0.4, 0.5) is 0 Å². The Morgan fingerprint density at radius 1 is 0.706 bits per heavy atom. The van der Waals surface area contributed by atoms with Gasteiger partial charge in [-0.3, -0.25) is 0 Å². The monoisotopic (exact) mass is 281 g/mol. The van der Waals surface area contributed by atoms with Crippen LogP contribution >= 0.6 is 0 Å². The van der Waals surface area contributed by atoms with Crippen LogP contribution in [-0.2, 0) is 17.1 Å².